The molecule has 0 saturated carbocycles. The lowest BCUT2D eigenvalue weighted by Gasteiger charge is -2.06. The predicted molar refractivity (Wildman–Crippen MR) is 65.6 cm³/mol. The van der Waals surface area contributed by atoms with Crippen LogP contribution in [-0.4, -0.2) is 9.97 Å². The van der Waals surface area contributed by atoms with Gasteiger partial charge >= 0.3 is 0 Å². The van der Waals surface area contributed by atoms with E-state index in [1.807, 2.05) is 12.1 Å². The van der Waals surface area contributed by atoms with E-state index in [1.165, 1.54) is 6.20 Å². The number of hydrogen-bond donors (Lipinski definition) is 2. The summed E-state index contributed by atoms with van der Waals surface area (Å²) in [6, 6.07) is 7.18. The highest BCUT2D eigenvalue weighted by Crippen LogP contribution is 2.17. The minimum atomic E-state index is 0.332. The Morgan fingerprint density at radius 3 is 2.82 bits per heavy atom. The molecule has 0 unspecified atom stereocenters. The molecule has 1 heterocycles. The number of hydrogen-bond acceptors (Lipinski definition) is 5. The fourth-order valence-corrected chi connectivity index (χ4v) is 1.40. The molecule has 1 aromatic carbocycles. The van der Waals surface area contributed by atoms with E-state index < -0.39 is 0 Å². The molecule has 5 nitrogen and oxygen atoms in total. The van der Waals surface area contributed by atoms with Crippen LogP contribution in [0.25, 0.3) is 0 Å². The predicted octanol–water partition coefficient (Wildman–Crippen LogP) is 1.99. The van der Waals surface area contributed by atoms with Crippen LogP contribution in [0, 0.1) is 0 Å². The Bertz CT molecular complexity index is 489. The molecule has 2 rings (SSSR count). The fourth-order valence-electron chi connectivity index (χ4n) is 1.22. The first kappa shape index (κ1) is 11.6. The molecule has 3 N–H and O–H groups in total. The Kier molecular flexibility index (Phi) is 3.74. The number of anilines is 1. The van der Waals surface area contributed by atoms with E-state index >= 15 is 0 Å². The van der Waals surface area contributed by atoms with Crippen LogP contribution in [0.3, 0.4) is 0 Å². The minimum Gasteiger partial charge on any atom is -0.487 e. The van der Waals surface area contributed by atoms with E-state index in [1.54, 1.807) is 18.3 Å². The fraction of sp³-hybridized carbons (Fsp3) is 0.0909. The number of hydrazine groups is 1. The van der Waals surface area contributed by atoms with Crippen LogP contribution >= 0.6 is 11.6 Å². The van der Waals surface area contributed by atoms with Crippen molar-refractivity contribution in [3.8, 4) is 5.75 Å². The second kappa shape index (κ2) is 5.47. The molecule has 6 heteroatoms. The number of rotatable bonds is 4. The van der Waals surface area contributed by atoms with Crippen LogP contribution in [0.2, 0.25) is 5.02 Å². The van der Waals surface area contributed by atoms with Gasteiger partial charge in [0.2, 0.25) is 0 Å². The summed E-state index contributed by atoms with van der Waals surface area (Å²) < 4.78 is 5.51. The van der Waals surface area contributed by atoms with Crippen molar-refractivity contribution in [2.75, 3.05) is 5.43 Å². The largest absolute Gasteiger partial charge is 0.487 e. The third-order valence-corrected chi connectivity index (χ3v) is 2.27. The van der Waals surface area contributed by atoms with Gasteiger partial charge in [-0.15, -0.1) is 0 Å². The third kappa shape index (κ3) is 3.30. The molecule has 0 aliphatic carbocycles. The molecule has 0 fully saturated rings. The standard InChI is InChI=1S/C11H11ClN4O/c12-8-2-1-3-10(4-8)17-7-9-5-15-11(16-13)6-14-9/h1-6H,7,13H2,(H,15,16). The first-order valence-corrected chi connectivity index (χ1v) is 5.31. The minimum absolute atomic E-state index is 0.332. The van der Waals surface area contributed by atoms with Crippen LogP contribution < -0.4 is 16.0 Å². The van der Waals surface area contributed by atoms with Crippen LogP contribution in [0.15, 0.2) is 36.7 Å². The Morgan fingerprint density at radius 1 is 1.29 bits per heavy atom. The van der Waals surface area contributed by atoms with Crippen molar-refractivity contribution in [2.45, 2.75) is 6.61 Å². The molecule has 2 aromatic rings. The highest BCUT2D eigenvalue weighted by molar-refractivity contribution is 6.30. The van der Waals surface area contributed by atoms with Gasteiger partial charge in [-0.1, -0.05) is 17.7 Å². The Morgan fingerprint density at radius 2 is 2.18 bits per heavy atom. The van der Waals surface area contributed by atoms with Gasteiger partial charge in [-0.25, -0.2) is 10.8 Å². The number of nitrogens with two attached hydrogens (primary N) is 1. The average molecular weight is 251 g/mol. The number of benzene rings is 1. The average Bonchev–Trinajstić information content (AvgIpc) is 2.37. The van der Waals surface area contributed by atoms with E-state index in [9.17, 15) is 0 Å². The summed E-state index contributed by atoms with van der Waals surface area (Å²) in [5, 5.41) is 0.635. The van der Waals surface area contributed by atoms with E-state index in [-0.39, 0.29) is 0 Å². The number of aromatic nitrogens is 2. The van der Waals surface area contributed by atoms with E-state index in [2.05, 4.69) is 15.4 Å². The topological polar surface area (TPSA) is 73.1 Å². The summed E-state index contributed by atoms with van der Waals surface area (Å²) in [6.45, 7) is 0.332. The maximum Gasteiger partial charge on any atom is 0.158 e. The van der Waals surface area contributed by atoms with Crippen LogP contribution in [-0.2, 0) is 6.61 Å². The van der Waals surface area contributed by atoms with Gasteiger partial charge in [-0.3, -0.25) is 4.98 Å². The van der Waals surface area contributed by atoms with Crippen molar-refractivity contribution in [2.24, 2.45) is 5.84 Å². The van der Waals surface area contributed by atoms with E-state index in [0.717, 1.165) is 0 Å². The zero-order valence-electron chi connectivity index (χ0n) is 8.93. The van der Waals surface area contributed by atoms with Crippen molar-refractivity contribution >= 4 is 17.4 Å². The lowest BCUT2D eigenvalue weighted by Crippen LogP contribution is -2.09. The van der Waals surface area contributed by atoms with Crippen molar-refractivity contribution < 1.29 is 4.74 Å². The molecule has 0 spiro atoms. The molecule has 0 radical (unpaired) electrons. The van der Waals surface area contributed by atoms with Crippen LogP contribution in [0.5, 0.6) is 5.75 Å². The van der Waals surface area contributed by atoms with Gasteiger partial charge in [-0.2, -0.15) is 0 Å². The summed E-state index contributed by atoms with van der Waals surface area (Å²) >= 11 is 5.84. The summed E-state index contributed by atoms with van der Waals surface area (Å²) in [5.74, 6) is 6.39. The maximum absolute atomic E-state index is 5.84. The van der Waals surface area contributed by atoms with Crippen molar-refractivity contribution in [3.63, 3.8) is 0 Å². The molecule has 0 atom stereocenters. The van der Waals surface area contributed by atoms with Gasteiger partial charge in [-0.05, 0) is 18.2 Å². The summed E-state index contributed by atoms with van der Waals surface area (Å²) in [4.78, 5) is 8.15. The first-order chi connectivity index (χ1) is 8.28. The highest BCUT2D eigenvalue weighted by Gasteiger charge is 1.99. The van der Waals surface area contributed by atoms with Gasteiger partial charge < -0.3 is 10.2 Å². The molecule has 0 bridgehead atoms. The molecule has 0 saturated heterocycles. The third-order valence-electron chi connectivity index (χ3n) is 2.04. The zero-order valence-corrected chi connectivity index (χ0v) is 9.69. The summed E-state index contributed by atoms with van der Waals surface area (Å²) in [6.07, 6.45) is 3.14. The number of nitrogen functional groups attached to an aromatic ring is 1. The lowest BCUT2D eigenvalue weighted by molar-refractivity contribution is 0.301. The second-order valence-electron chi connectivity index (χ2n) is 3.28. The monoisotopic (exact) mass is 250 g/mol. The molecule has 0 aliphatic rings. The van der Waals surface area contributed by atoms with Crippen LogP contribution in [0.4, 0.5) is 5.82 Å². The van der Waals surface area contributed by atoms with Gasteiger partial charge in [0.25, 0.3) is 0 Å². The summed E-state index contributed by atoms with van der Waals surface area (Å²) in [7, 11) is 0. The van der Waals surface area contributed by atoms with Crippen molar-refractivity contribution in [3.05, 3.63) is 47.4 Å². The Hall–Kier alpha value is -1.85. The molecule has 88 valence electrons. The Balaban J connectivity index is 1.97. The number of ether oxygens (including phenoxy) is 1. The van der Waals surface area contributed by atoms with Crippen molar-refractivity contribution in [1.29, 1.82) is 0 Å². The van der Waals surface area contributed by atoms with Crippen LogP contribution in [0.1, 0.15) is 5.69 Å². The van der Waals surface area contributed by atoms with Gasteiger partial charge in [0.1, 0.15) is 12.4 Å². The normalized spacial score (nSPS) is 10.0. The molecular formula is C11H11ClN4O. The zero-order chi connectivity index (χ0) is 12.1. The smallest absolute Gasteiger partial charge is 0.158 e. The second-order valence-corrected chi connectivity index (χ2v) is 3.72. The van der Waals surface area contributed by atoms with Gasteiger partial charge in [0.05, 0.1) is 18.1 Å². The molecular weight excluding hydrogens is 240 g/mol. The number of halogens is 1. The quantitative estimate of drug-likeness (QED) is 0.641. The molecule has 1 aromatic heterocycles. The Labute approximate surface area is 104 Å². The van der Waals surface area contributed by atoms with E-state index in [0.29, 0.717) is 28.9 Å². The summed E-state index contributed by atoms with van der Waals surface area (Å²) in [5.41, 5.74) is 3.12. The van der Waals surface area contributed by atoms with Crippen molar-refractivity contribution in [1.82, 2.24) is 9.97 Å². The molecule has 0 amide bonds. The highest BCUT2D eigenvalue weighted by atomic mass is 35.5. The number of nitrogens with zero attached hydrogens (tertiary/aromatic N) is 2. The van der Waals surface area contributed by atoms with E-state index in [4.69, 9.17) is 22.2 Å². The first-order valence-electron chi connectivity index (χ1n) is 4.94. The van der Waals surface area contributed by atoms with Gasteiger partial charge in [0.15, 0.2) is 5.82 Å². The molecule has 17 heavy (non-hydrogen) atoms. The SMILES string of the molecule is NNc1cnc(COc2cccc(Cl)c2)cn1. The molecule has 0 aliphatic heterocycles. The maximum atomic E-state index is 5.84. The lowest BCUT2D eigenvalue weighted by atomic mass is 10.3. The van der Waals surface area contributed by atoms with Gasteiger partial charge in [0, 0.05) is 5.02 Å². The number of nitrogens with one attached hydrogen (secondary N) is 1.